The molecule has 1 unspecified atom stereocenters. The number of phosphoric ester groups is 1. The molecular weight excluding hydrogens is 303 g/mol. The summed E-state index contributed by atoms with van der Waals surface area (Å²) in [5.74, 6) is -1.10. The molecule has 0 rings (SSSR count). The van der Waals surface area contributed by atoms with Crippen LogP contribution in [-0.4, -0.2) is 60.3 Å². The Kier molecular flexibility index (Phi) is 10.6. The van der Waals surface area contributed by atoms with Crippen molar-refractivity contribution in [3.05, 3.63) is 0 Å². The van der Waals surface area contributed by atoms with E-state index in [1.165, 1.54) is 0 Å². The largest absolute Gasteiger partial charge is 0.469 e. The number of rotatable bonds is 13. The summed E-state index contributed by atoms with van der Waals surface area (Å²) >= 11 is 0. The molecule has 0 saturated heterocycles. The van der Waals surface area contributed by atoms with E-state index >= 15 is 0 Å². The molecule has 0 amide bonds. The van der Waals surface area contributed by atoms with Gasteiger partial charge in [0.15, 0.2) is 5.79 Å². The van der Waals surface area contributed by atoms with Crippen LogP contribution in [0.5, 0.6) is 0 Å². The van der Waals surface area contributed by atoms with Gasteiger partial charge in [-0.05, 0) is 6.42 Å². The zero-order valence-corrected chi connectivity index (χ0v) is 13.8. The highest BCUT2D eigenvalue weighted by molar-refractivity contribution is 7.46. The summed E-state index contributed by atoms with van der Waals surface area (Å²) in [4.78, 5) is 17.2. The topological polar surface area (TPSA) is 115 Å². The van der Waals surface area contributed by atoms with Gasteiger partial charge in [0.2, 0.25) is 0 Å². The molecule has 9 heteroatoms. The molecular formula is C12H27O8P. The molecule has 0 aromatic carbocycles. The third-order valence-electron chi connectivity index (χ3n) is 2.66. The van der Waals surface area contributed by atoms with E-state index in [4.69, 9.17) is 29.1 Å². The van der Waals surface area contributed by atoms with Crippen LogP contribution in [0.3, 0.4) is 0 Å². The molecule has 0 aliphatic rings. The summed E-state index contributed by atoms with van der Waals surface area (Å²) in [5, 5.41) is 8.77. The Balaban J connectivity index is 4.54. The molecule has 0 heterocycles. The summed E-state index contributed by atoms with van der Waals surface area (Å²) in [6.07, 6.45) is 0.789. The van der Waals surface area contributed by atoms with E-state index in [-0.39, 0.29) is 39.0 Å². The molecule has 1 atom stereocenters. The Hall–Kier alpha value is -0.0500. The highest BCUT2D eigenvalue weighted by atomic mass is 31.2. The van der Waals surface area contributed by atoms with Crippen molar-refractivity contribution in [3.63, 3.8) is 0 Å². The van der Waals surface area contributed by atoms with E-state index in [0.29, 0.717) is 6.61 Å². The van der Waals surface area contributed by atoms with Crippen molar-refractivity contribution in [1.82, 2.24) is 0 Å². The number of hydrogen-bond acceptors (Lipinski definition) is 6. The maximum Gasteiger partial charge on any atom is 0.469 e. The SMILES string of the molecule is CCCOC(COCCO)(OCCOP(=O)(O)O)C(C)C. The first-order chi connectivity index (χ1) is 9.77. The predicted molar refractivity (Wildman–Crippen MR) is 75.7 cm³/mol. The molecule has 0 aromatic rings. The van der Waals surface area contributed by atoms with Gasteiger partial charge >= 0.3 is 7.82 Å². The molecule has 21 heavy (non-hydrogen) atoms. The fraction of sp³-hybridized carbons (Fsp3) is 1.00. The summed E-state index contributed by atoms with van der Waals surface area (Å²) in [6.45, 7) is 6.06. The van der Waals surface area contributed by atoms with Crippen molar-refractivity contribution in [3.8, 4) is 0 Å². The summed E-state index contributed by atoms with van der Waals surface area (Å²) < 4.78 is 31.6. The second-order valence-corrected chi connectivity index (χ2v) is 6.00. The summed E-state index contributed by atoms with van der Waals surface area (Å²) in [7, 11) is -4.50. The van der Waals surface area contributed by atoms with Gasteiger partial charge in [-0.25, -0.2) is 4.57 Å². The van der Waals surface area contributed by atoms with Gasteiger partial charge in [-0.15, -0.1) is 0 Å². The summed E-state index contributed by atoms with van der Waals surface area (Å²) in [6, 6.07) is 0. The van der Waals surface area contributed by atoms with Gasteiger partial charge in [0.25, 0.3) is 0 Å². The van der Waals surface area contributed by atoms with Crippen LogP contribution >= 0.6 is 7.82 Å². The van der Waals surface area contributed by atoms with Crippen LogP contribution in [0.2, 0.25) is 0 Å². The Morgan fingerprint density at radius 3 is 2.19 bits per heavy atom. The lowest BCUT2D eigenvalue weighted by Gasteiger charge is -2.37. The van der Waals surface area contributed by atoms with Crippen LogP contribution in [0.4, 0.5) is 0 Å². The van der Waals surface area contributed by atoms with Crippen LogP contribution in [0.15, 0.2) is 0 Å². The Morgan fingerprint density at radius 2 is 1.71 bits per heavy atom. The van der Waals surface area contributed by atoms with E-state index in [0.717, 1.165) is 6.42 Å². The second-order valence-electron chi connectivity index (χ2n) is 4.76. The van der Waals surface area contributed by atoms with Crippen molar-refractivity contribution in [1.29, 1.82) is 0 Å². The fourth-order valence-corrected chi connectivity index (χ4v) is 1.86. The summed E-state index contributed by atoms with van der Waals surface area (Å²) in [5.41, 5.74) is 0. The van der Waals surface area contributed by atoms with E-state index in [1.807, 2.05) is 20.8 Å². The minimum Gasteiger partial charge on any atom is -0.394 e. The van der Waals surface area contributed by atoms with Gasteiger partial charge in [0.05, 0.1) is 26.4 Å². The lowest BCUT2D eigenvalue weighted by Crippen LogP contribution is -2.47. The molecule has 0 bridgehead atoms. The molecule has 0 aliphatic carbocycles. The van der Waals surface area contributed by atoms with Crippen molar-refractivity contribution >= 4 is 7.82 Å². The van der Waals surface area contributed by atoms with E-state index < -0.39 is 13.6 Å². The lowest BCUT2D eigenvalue weighted by atomic mass is 10.0. The second kappa shape index (κ2) is 10.6. The van der Waals surface area contributed by atoms with Gasteiger partial charge < -0.3 is 29.1 Å². The number of phosphoric acid groups is 1. The first kappa shape index (κ1) is 20.9. The van der Waals surface area contributed by atoms with Gasteiger partial charge in [-0.3, -0.25) is 4.52 Å². The zero-order chi connectivity index (χ0) is 16.4. The maximum atomic E-state index is 10.6. The highest BCUT2D eigenvalue weighted by Gasteiger charge is 2.36. The number of hydrogen-bond donors (Lipinski definition) is 3. The van der Waals surface area contributed by atoms with Crippen LogP contribution in [-0.2, 0) is 23.3 Å². The monoisotopic (exact) mass is 330 g/mol. The van der Waals surface area contributed by atoms with Gasteiger partial charge in [0.1, 0.15) is 6.61 Å². The molecule has 0 aromatic heterocycles. The van der Waals surface area contributed by atoms with E-state index in [9.17, 15) is 4.57 Å². The molecule has 0 spiro atoms. The molecule has 0 radical (unpaired) electrons. The van der Waals surface area contributed by atoms with Gasteiger partial charge in [0, 0.05) is 12.5 Å². The van der Waals surface area contributed by atoms with E-state index in [2.05, 4.69) is 4.52 Å². The first-order valence-corrected chi connectivity index (χ1v) is 8.47. The van der Waals surface area contributed by atoms with Gasteiger partial charge in [-0.1, -0.05) is 20.8 Å². The molecule has 0 fully saturated rings. The lowest BCUT2D eigenvalue weighted by molar-refractivity contribution is -0.286. The molecule has 8 nitrogen and oxygen atoms in total. The predicted octanol–water partition coefficient (Wildman–Crippen LogP) is 0.900. The Morgan fingerprint density at radius 1 is 1.10 bits per heavy atom. The third-order valence-corrected chi connectivity index (χ3v) is 3.18. The smallest absolute Gasteiger partial charge is 0.394 e. The third kappa shape index (κ3) is 9.55. The van der Waals surface area contributed by atoms with Crippen molar-refractivity contribution in [2.75, 3.05) is 39.6 Å². The van der Waals surface area contributed by atoms with Crippen LogP contribution in [0.1, 0.15) is 27.2 Å². The zero-order valence-electron chi connectivity index (χ0n) is 12.9. The quantitative estimate of drug-likeness (QED) is 0.259. The standard InChI is InChI=1S/C12H27O8P/c1-4-6-18-12(11(2)3,10-17-7-5-13)19-8-9-20-21(14,15)16/h11,13H,4-10H2,1-3H3,(H2,14,15,16). The minimum absolute atomic E-state index is 0.0461. The average Bonchev–Trinajstić information content (AvgIpc) is 2.39. The van der Waals surface area contributed by atoms with Crippen molar-refractivity contribution < 1.29 is 38.2 Å². The molecule has 3 N–H and O–H groups in total. The molecule has 128 valence electrons. The van der Waals surface area contributed by atoms with Gasteiger partial charge in [-0.2, -0.15) is 0 Å². The van der Waals surface area contributed by atoms with Crippen LogP contribution < -0.4 is 0 Å². The Labute approximate surface area is 125 Å². The maximum absolute atomic E-state index is 10.6. The first-order valence-electron chi connectivity index (χ1n) is 6.94. The highest BCUT2D eigenvalue weighted by Crippen LogP contribution is 2.35. The van der Waals surface area contributed by atoms with Crippen LogP contribution in [0, 0.1) is 5.92 Å². The van der Waals surface area contributed by atoms with Crippen molar-refractivity contribution in [2.45, 2.75) is 33.0 Å². The van der Waals surface area contributed by atoms with Crippen LogP contribution in [0.25, 0.3) is 0 Å². The Bertz CT molecular complexity index is 306. The molecule has 0 saturated carbocycles. The molecule has 0 aliphatic heterocycles. The van der Waals surface area contributed by atoms with E-state index in [1.54, 1.807) is 0 Å². The number of aliphatic hydroxyl groups is 1. The number of ether oxygens (including phenoxy) is 3. The van der Waals surface area contributed by atoms with Crippen molar-refractivity contribution in [2.24, 2.45) is 5.92 Å². The average molecular weight is 330 g/mol. The number of aliphatic hydroxyl groups excluding tert-OH is 1. The minimum atomic E-state index is -4.50. The normalized spacial score (nSPS) is 15.4. The fourth-order valence-electron chi connectivity index (χ4n) is 1.55.